The second-order valence-corrected chi connectivity index (χ2v) is 10.9. The average Bonchev–Trinajstić information content (AvgIpc) is 2.99. The number of urea groups is 1. The number of benzene rings is 3. The lowest BCUT2D eigenvalue weighted by atomic mass is 9.93. The van der Waals surface area contributed by atoms with E-state index >= 15 is 0 Å². The third-order valence-corrected chi connectivity index (χ3v) is 6.83. The largest absolute Gasteiger partial charge is 0.424 e. The molecule has 2 heterocycles. The quantitative estimate of drug-likeness (QED) is 0.142. The molecule has 0 atom stereocenters. The predicted octanol–water partition coefficient (Wildman–Crippen LogP) is 8.12. The van der Waals surface area contributed by atoms with Gasteiger partial charge in [-0.1, -0.05) is 48.0 Å². The number of hydrogen-bond donors (Lipinski definition) is 4. The highest BCUT2D eigenvalue weighted by Crippen LogP contribution is 2.37. The van der Waals surface area contributed by atoms with Crippen LogP contribution in [0.4, 0.5) is 35.2 Å². The van der Waals surface area contributed by atoms with E-state index in [2.05, 4.69) is 25.6 Å². The molecule has 5 aromatic rings. The molecule has 2 amide bonds. The third-order valence-electron chi connectivity index (χ3n) is 6.62. The van der Waals surface area contributed by atoms with Crippen molar-refractivity contribution < 1.29 is 27.8 Å². The number of alkyl halides is 3. The zero-order valence-corrected chi connectivity index (χ0v) is 24.6. The summed E-state index contributed by atoms with van der Waals surface area (Å²) >= 11 is 6.03. The molecular formula is C32H26ClF3N6O3. The van der Waals surface area contributed by atoms with E-state index in [1.165, 1.54) is 24.7 Å². The fraction of sp³-hybridized carbons (Fsp3) is 0.125. The first kappa shape index (κ1) is 31.2. The summed E-state index contributed by atoms with van der Waals surface area (Å²) in [5.74, 6) is 0.754. The molecule has 0 fully saturated rings. The van der Waals surface area contributed by atoms with Crippen LogP contribution in [0.1, 0.15) is 25.0 Å². The van der Waals surface area contributed by atoms with Gasteiger partial charge in [-0.25, -0.2) is 19.7 Å². The van der Waals surface area contributed by atoms with Crippen LogP contribution in [0.25, 0.3) is 22.3 Å². The van der Waals surface area contributed by atoms with Gasteiger partial charge in [0, 0.05) is 17.3 Å². The lowest BCUT2D eigenvalue weighted by molar-refractivity contribution is -0.137. The SMILES string of the molecule is CC(C)(O)c1cccc(-c2ccc(C(F)(F)F)cc2NC(=O)Nc2cnc(Oc3ccc(-c4cc(Cl)cnc4N)cc3)nc2)c1. The Hall–Kier alpha value is -5.20. The Morgan fingerprint density at radius 3 is 2.22 bits per heavy atom. The molecule has 0 bridgehead atoms. The van der Waals surface area contributed by atoms with Crippen molar-refractivity contribution >= 4 is 34.8 Å². The second-order valence-electron chi connectivity index (χ2n) is 10.4. The molecule has 0 spiro atoms. The Morgan fingerprint density at radius 2 is 1.56 bits per heavy atom. The van der Waals surface area contributed by atoms with Crippen molar-refractivity contribution in [1.82, 2.24) is 15.0 Å². The van der Waals surface area contributed by atoms with Crippen LogP contribution in [0.5, 0.6) is 11.8 Å². The van der Waals surface area contributed by atoms with Crippen LogP contribution in [-0.2, 0) is 11.8 Å². The lowest BCUT2D eigenvalue weighted by Crippen LogP contribution is -2.21. The molecule has 5 rings (SSSR count). The summed E-state index contributed by atoms with van der Waals surface area (Å²) in [7, 11) is 0. The van der Waals surface area contributed by atoms with Gasteiger partial charge in [0.25, 0.3) is 0 Å². The van der Waals surface area contributed by atoms with Crippen molar-refractivity contribution in [2.45, 2.75) is 25.6 Å². The number of pyridine rings is 1. The summed E-state index contributed by atoms with van der Waals surface area (Å²) in [6.45, 7) is 3.19. The number of aromatic nitrogens is 3. The average molecular weight is 635 g/mol. The van der Waals surface area contributed by atoms with Crippen LogP contribution >= 0.6 is 11.6 Å². The summed E-state index contributed by atoms with van der Waals surface area (Å²) < 4.78 is 46.3. The monoisotopic (exact) mass is 634 g/mol. The van der Waals surface area contributed by atoms with Gasteiger partial charge in [-0.05, 0) is 66.9 Å². The van der Waals surface area contributed by atoms with Crippen molar-refractivity contribution in [2.75, 3.05) is 16.4 Å². The van der Waals surface area contributed by atoms with E-state index in [4.69, 9.17) is 22.1 Å². The fourth-order valence-electron chi connectivity index (χ4n) is 4.35. The molecule has 5 N–H and O–H groups in total. The molecule has 230 valence electrons. The molecule has 0 saturated carbocycles. The predicted molar refractivity (Wildman–Crippen MR) is 166 cm³/mol. The number of nitrogen functional groups attached to an aromatic ring is 1. The van der Waals surface area contributed by atoms with Crippen LogP contribution in [0.3, 0.4) is 0 Å². The van der Waals surface area contributed by atoms with Crippen molar-refractivity contribution in [1.29, 1.82) is 0 Å². The minimum atomic E-state index is -4.63. The van der Waals surface area contributed by atoms with E-state index in [1.54, 1.807) is 68.4 Å². The summed E-state index contributed by atoms with van der Waals surface area (Å²) in [6, 6.07) is 17.5. The number of halogens is 4. The molecule has 0 unspecified atom stereocenters. The standard InChI is InChI=1S/C32H26ClF3N6O3/c1-31(2,44)20-5-3-4-19(12-20)25-11-8-21(32(34,35)36)13-27(25)42-29(43)41-23-16-39-30(40-17-23)45-24-9-6-18(7-10-24)26-14-22(33)15-38-28(26)37/h3-17,44H,1-2H3,(H2,37,38)(H2,41,42,43). The molecule has 13 heteroatoms. The lowest BCUT2D eigenvalue weighted by Gasteiger charge is -2.20. The first-order chi connectivity index (χ1) is 21.3. The number of amides is 2. The number of nitrogens with zero attached hydrogens (tertiary/aromatic N) is 3. The Balaban J connectivity index is 1.29. The highest BCUT2D eigenvalue weighted by atomic mass is 35.5. The zero-order valence-electron chi connectivity index (χ0n) is 23.9. The highest BCUT2D eigenvalue weighted by molar-refractivity contribution is 6.30. The molecule has 0 radical (unpaired) electrons. The number of aliphatic hydroxyl groups is 1. The second kappa shape index (κ2) is 12.4. The minimum absolute atomic E-state index is 0.00972. The van der Waals surface area contributed by atoms with Crippen LogP contribution in [0, 0.1) is 0 Å². The maximum absolute atomic E-state index is 13.5. The van der Waals surface area contributed by atoms with Gasteiger partial charge in [-0.15, -0.1) is 0 Å². The molecular weight excluding hydrogens is 609 g/mol. The number of anilines is 3. The molecule has 2 aromatic heterocycles. The normalized spacial score (nSPS) is 11.6. The van der Waals surface area contributed by atoms with Crippen molar-refractivity contribution in [2.24, 2.45) is 0 Å². The summed E-state index contributed by atoms with van der Waals surface area (Å²) in [5.41, 5.74) is 6.71. The molecule has 3 aromatic carbocycles. The summed E-state index contributed by atoms with van der Waals surface area (Å²) in [4.78, 5) is 25.1. The van der Waals surface area contributed by atoms with E-state index in [9.17, 15) is 23.1 Å². The Morgan fingerprint density at radius 1 is 0.844 bits per heavy atom. The molecule has 0 aliphatic rings. The third kappa shape index (κ3) is 7.66. The first-order valence-electron chi connectivity index (χ1n) is 13.4. The smallest absolute Gasteiger partial charge is 0.416 e. The fourth-order valence-corrected chi connectivity index (χ4v) is 4.51. The van der Waals surface area contributed by atoms with Crippen molar-refractivity contribution in [3.63, 3.8) is 0 Å². The maximum atomic E-state index is 13.5. The number of carbonyl (C=O) groups is 1. The number of hydrogen-bond acceptors (Lipinski definition) is 7. The number of ether oxygens (including phenoxy) is 1. The van der Waals surface area contributed by atoms with Gasteiger partial charge < -0.3 is 26.2 Å². The van der Waals surface area contributed by atoms with Crippen LogP contribution in [0.2, 0.25) is 5.02 Å². The zero-order chi connectivity index (χ0) is 32.4. The van der Waals surface area contributed by atoms with Crippen LogP contribution in [0.15, 0.2) is 91.4 Å². The van der Waals surface area contributed by atoms with E-state index in [1.807, 2.05) is 0 Å². The van der Waals surface area contributed by atoms with Gasteiger partial charge in [-0.3, -0.25) is 0 Å². The summed E-state index contributed by atoms with van der Waals surface area (Å²) in [6.07, 6.45) is -0.605. The molecule has 45 heavy (non-hydrogen) atoms. The molecule has 0 saturated heterocycles. The van der Waals surface area contributed by atoms with Gasteiger partial charge in [0.2, 0.25) is 0 Å². The highest BCUT2D eigenvalue weighted by Gasteiger charge is 2.31. The van der Waals surface area contributed by atoms with E-state index < -0.39 is 23.4 Å². The number of nitrogens with one attached hydrogen (secondary N) is 2. The molecule has 9 nitrogen and oxygen atoms in total. The van der Waals surface area contributed by atoms with Gasteiger partial charge in [0.1, 0.15) is 11.6 Å². The van der Waals surface area contributed by atoms with E-state index in [0.717, 1.165) is 17.7 Å². The van der Waals surface area contributed by atoms with Crippen LogP contribution < -0.4 is 21.1 Å². The van der Waals surface area contributed by atoms with Crippen molar-refractivity contribution in [3.8, 4) is 34.0 Å². The Bertz CT molecular complexity index is 1840. The summed E-state index contributed by atoms with van der Waals surface area (Å²) in [5, 5.41) is 15.8. The Labute approximate surface area is 260 Å². The Kier molecular flexibility index (Phi) is 8.62. The molecule has 0 aliphatic carbocycles. The minimum Gasteiger partial charge on any atom is -0.424 e. The maximum Gasteiger partial charge on any atom is 0.416 e. The van der Waals surface area contributed by atoms with Crippen LogP contribution in [-0.4, -0.2) is 26.1 Å². The van der Waals surface area contributed by atoms with Gasteiger partial charge in [-0.2, -0.15) is 13.2 Å². The molecule has 0 aliphatic heterocycles. The van der Waals surface area contributed by atoms with E-state index in [-0.39, 0.29) is 17.4 Å². The first-order valence-corrected chi connectivity index (χ1v) is 13.8. The number of rotatable bonds is 7. The van der Waals surface area contributed by atoms with Gasteiger partial charge >= 0.3 is 18.2 Å². The van der Waals surface area contributed by atoms with Crippen molar-refractivity contribution in [3.05, 3.63) is 108 Å². The van der Waals surface area contributed by atoms with E-state index in [0.29, 0.717) is 38.8 Å². The van der Waals surface area contributed by atoms with Gasteiger partial charge in [0.15, 0.2) is 0 Å². The topological polar surface area (TPSA) is 135 Å². The van der Waals surface area contributed by atoms with Gasteiger partial charge in [0.05, 0.1) is 40.0 Å². The number of carbonyl (C=O) groups excluding carboxylic acids is 1. The number of nitrogens with two attached hydrogens (primary N) is 1.